The Morgan fingerprint density at radius 1 is 1.50 bits per heavy atom. The van der Waals surface area contributed by atoms with Gasteiger partial charge in [-0.15, -0.1) is 0 Å². The lowest BCUT2D eigenvalue weighted by Crippen LogP contribution is -2.35. The topological polar surface area (TPSA) is 63.4 Å². The van der Waals surface area contributed by atoms with Crippen molar-refractivity contribution in [2.24, 2.45) is 11.7 Å². The maximum atomic E-state index is 12.1. The molecule has 1 aliphatic rings. The summed E-state index contributed by atoms with van der Waals surface area (Å²) in [6, 6.07) is -0.159. The van der Waals surface area contributed by atoms with E-state index in [1.54, 1.807) is 6.92 Å². The molecule has 84 valence electrons. The number of nitrogens with two attached hydrogens (primary N) is 1. The summed E-state index contributed by atoms with van der Waals surface area (Å²) in [7, 11) is -4.40. The Kier molecular flexibility index (Phi) is 3.44. The second-order valence-electron chi connectivity index (χ2n) is 3.57. The van der Waals surface area contributed by atoms with E-state index in [1.807, 2.05) is 0 Å². The summed E-state index contributed by atoms with van der Waals surface area (Å²) in [5, 5.41) is 0. The molecule has 1 fully saturated rings. The average molecular weight is 228 g/mol. The molecular formula is C7H14F2N2O2S. The third-order valence-corrected chi connectivity index (χ3v) is 4.02. The van der Waals surface area contributed by atoms with Crippen molar-refractivity contribution >= 4 is 10.0 Å². The zero-order valence-electron chi connectivity index (χ0n) is 7.86. The van der Waals surface area contributed by atoms with Crippen LogP contribution < -0.4 is 5.73 Å². The lowest BCUT2D eigenvalue weighted by molar-refractivity contribution is 0.221. The maximum Gasteiger partial charge on any atom is 0.350 e. The highest BCUT2D eigenvalue weighted by Crippen LogP contribution is 2.24. The molecule has 1 aliphatic heterocycles. The van der Waals surface area contributed by atoms with Crippen molar-refractivity contribution in [3.8, 4) is 0 Å². The standard InChI is InChI=1S/C7H14F2N2O2S/c1-5(10)6-2-3-11(4-6)14(12,13)7(8)9/h5-7H,2-4,10H2,1H3. The fourth-order valence-corrected chi connectivity index (χ4v) is 2.51. The summed E-state index contributed by atoms with van der Waals surface area (Å²) < 4.78 is 47.2. The SMILES string of the molecule is CC(N)C1CCN(S(=O)(=O)C(F)F)C1. The molecule has 0 amide bonds. The van der Waals surface area contributed by atoms with Gasteiger partial charge in [0, 0.05) is 19.1 Å². The molecule has 0 aromatic carbocycles. The first-order valence-electron chi connectivity index (χ1n) is 4.38. The predicted molar refractivity (Wildman–Crippen MR) is 48.3 cm³/mol. The Morgan fingerprint density at radius 3 is 2.43 bits per heavy atom. The first kappa shape index (κ1) is 11.8. The summed E-state index contributed by atoms with van der Waals surface area (Å²) >= 11 is 0. The quantitative estimate of drug-likeness (QED) is 0.751. The third-order valence-electron chi connectivity index (χ3n) is 2.52. The lowest BCUT2D eigenvalue weighted by atomic mass is 10.0. The zero-order valence-corrected chi connectivity index (χ0v) is 8.68. The van der Waals surface area contributed by atoms with Gasteiger partial charge in [0.2, 0.25) is 0 Å². The minimum Gasteiger partial charge on any atom is -0.328 e. The summed E-state index contributed by atoms with van der Waals surface area (Å²) in [5.74, 6) is -3.34. The molecule has 1 rings (SSSR count). The first-order valence-corrected chi connectivity index (χ1v) is 5.88. The van der Waals surface area contributed by atoms with E-state index in [0.717, 1.165) is 4.31 Å². The van der Waals surface area contributed by atoms with Crippen LogP contribution in [-0.4, -0.2) is 37.6 Å². The summed E-state index contributed by atoms with van der Waals surface area (Å²) in [4.78, 5) is 0. The van der Waals surface area contributed by atoms with Crippen LogP contribution in [0.25, 0.3) is 0 Å². The van der Waals surface area contributed by atoms with Crippen molar-refractivity contribution in [3.63, 3.8) is 0 Å². The fraction of sp³-hybridized carbons (Fsp3) is 1.00. The van der Waals surface area contributed by atoms with Crippen molar-refractivity contribution in [2.45, 2.75) is 25.1 Å². The predicted octanol–water partition coefficient (Wildman–Crippen LogP) is 0.208. The maximum absolute atomic E-state index is 12.1. The van der Waals surface area contributed by atoms with Crippen LogP contribution in [0.2, 0.25) is 0 Å². The second-order valence-corrected chi connectivity index (χ2v) is 5.47. The molecule has 7 heteroatoms. The molecule has 0 bridgehead atoms. The molecule has 1 heterocycles. The van der Waals surface area contributed by atoms with Gasteiger partial charge in [0.05, 0.1) is 0 Å². The van der Waals surface area contributed by atoms with Gasteiger partial charge in [-0.2, -0.15) is 13.1 Å². The molecule has 2 N–H and O–H groups in total. The molecule has 0 aromatic heterocycles. The highest BCUT2D eigenvalue weighted by atomic mass is 32.2. The Labute approximate surface area is 82.1 Å². The molecule has 14 heavy (non-hydrogen) atoms. The molecule has 0 spiro atoms. The highest BCUT2D eigenvalue weighted by molar-refractivity contribution is 7.89. The lowest BCUT2D eigenvalue weighted by Gasteiger charge is -2.17. The minimum atomic E-state index is -4.40. The minimum absolute atomic E-state index is 0.0106. The summed E-state index contributed by atoms with van der Waals surface area (Å²) in [6.45, 7) is 2.02. The van der Waals surface area contributed by atoms with Gasteiger partial charge in [0.1, 0.15) is 0 Å². The molecule has 0 aliphatic carbocycles. The number of nitrogens with zero attached hydrogens (tertiary/aromatic N) is 1. The Bertz CT molecular complexity index is 292. The zero-order chi connectivity index (χ0) is 10.9. The number of alkyl halides is 2. The number of halogens is 2. The first-order chi connectivity index (χ1) is 6.35. The van der Waals surface area contributed by atoms with E-state index in [4.69, 9.17) is 5.73 Å². The Balaban J connectivity index is 2.67. The number of hydrogen-bond donors (Lipinski definition) is 1. The summed E-state index contributed by atoms with van der Waals surface area (Å²) in [6.07, 6.45) is 0.559. The molecule has 4 nitrogen and oxygen atoms in total. The van der Waals surface area contributed by atoms with E-state index >= 15 is 0 Å². The van der Waals surface area contributed by atoms with E-state index in [-0.39, 0.29) is 25.0 Å². The van der Waals surface area contributed by atoms with Crippen LogP contribution >= 0.6 is 0 Å². The van der Waals surface area contributed by atoms with E-state index in [2.05, 4.69) is 0 Å². The van der Waals surface area contributed by atoms with Gasteiger partial charge in [-0.3, -0.25) is 0 Å². The monoisotopic (exact) mass is 228 g/mol. The Morgan fingerprint density at radius 2 is 2.07 bits per heavy atom. The molecule has 0 radical (unpaired) electrons. The van der Waals surface area contributed by atoms with Crippen LogP contribution in [0.5, 0.6) is 0 Å². The van der Waals surface area contributed by atoms with Crippen LogP contribution in [0, 0.1) is 5.92 Å². The van der Waals surface area contributed by atoms with E-state index in [0.29, 0.717) is 6.42 Å². The van der Waals surface area contributed by atoms with Crippen LogP contribution in [0.15, 0.2) is 0 Å². The molecule has 2 atom stereocenters. The average Bonchev–Trinajstić information content (AvgIpc) is 2.51. The van der Waals surface area contributed by atoms with Gasteiger partial charge in [-0.1, -0.05) is 0 Å². The smallest absolute Gasteiger partial charge is 0.328 e. The van der Waals surface area contributed by atoms with Crippen molar-refractivity contribution < 1.29 is 17.2 Å². The van der Waals surface area contributed by atoms with Gasteiger partial charge >= 0.3 is 5.76 Å². The largest absolute Gasteiger partial charge is 0.350 e. The number of rotatable bonds is 3. The van der Waals surface area contributed by atoms with E-state index in [1.165, 1.54) is 0 Å². The van der Waals surface area contributed by atoms with Crippen molar-refractivity contribution in [1.29, 1.82) is 0 Å². The van der Waals surface area contributed by atoms with Gasteiger partial charge in [-0.05, 0) is 19.3 Å². The number of hydrogen-bond acceptors (Lipinski definition) is 3. The second kappa shape index (κ2) is 4.08. The molecule has 0 aromatic rings. The van der Waals surface area contributed by atoms with Crippen molar-refractivity contribution in [1.82, 2.24) is 4.31 Å². The van der Waals surface area contributed by atoms with Gasteiger partial charge in [0.15, 0.2) is 0 Å². The van der Waals surface area contributed by atoms with Crippen LogP contribution in [0.1, 0.15) is 13.3 Å². The van der Waals surface area contributed by atoms with Gasteiger partial charge in [0.25, 0.3) is 10.0 Å². The third kappa shape index (κ3) is 2.21. The number of sulfonamides is 1. The van der Waals surface area contributed by atoms with Crippen LogP contribution in [0.4, 0.5) is 8.78 Å². The molecule has 1 saturated heterocycles. The van der Waals surface area contributed by atoms with Crippen molar-refractivity contribution in [2.75, 3.05) is 13.1 Å². The van der Waals surface area contributed by atoms with Gasteiger partial charge < -0.3 is 5.73 Å². The molecule has 2 unspecified atom stereocenters. The van der Waals surface area contributed by atoms with E-state index < -0.39 is 15.8 Å². The molecule has 0 saturated carbocycles. The Hall–Kier alpha value is -0.270. The molecular weight excluding hydrogens is 214 g/mol. The van der Waals surface area contributed by atoms with Crippen LogP contribution in [0.3, 0.4) is 0 Å². The van der Waals surface area contributed by atoms with E-state index in [9.17, 15) is 17.2 Å². The fourth-order valence-electron chi connectivity index (χ4n) is 1.53. The van der Waals surface area contributed by atoms with Crippen molar-refractivity contribution in [3.05, 3.63) is 0 Å². The summed E-state index contributed by atoms with van der Waals surface area (Å²) in [5.41, 5.74) is 5.57. The van der Waals surface area contributed by atoms with Gasteiger partial charge in [-0.25, -0.2) is 8.42 Å². The normalized spacial score (nSPS) is 27.1. The highest BCUT2D eigenvalue weighted by Gasteiger charge is 2.38. The van der Waals surface area contributed by atoms with Crippen LogP contribution in [-0.2, 0) is 10.0 Å².